The molecule has 1 N–H and O–H groups in total. The molecule has 1 heterocycles. The first-order valence-electron chi connectivity index (χ1n) is 12.4. The molecule has 0 aromatic heterocycles. The van der Waals surface area contributed by atoms with Gasteiger partial charge in [0, 0.05) is 22.3 Å². The summed E-state index contributed by atoms with van der Waals surface area (Å²) in [4.78, 5) is 0. The maximum atomic E-state index is 15.0. The third kappa shape index (κ3) is 5.22. The Morgan fingerprint density at radius 3 is 2.22 bits per heavy atom. The maximum Gasteiger partial charge on any atom is 0.200 e. The van der Waals surface area contributed by atoms with Crippen molar-refractivity contribution in [2.75, 3.05) is 13.2 Å². The van der Waals surface area contributed by atoms with Gasteiger partial charge in [-0.1, -0.05) is 24.3 Å². The van der Waals surface area contributed by atoms with Gasteiger partial charge in [-0.15, -0.1) is 0 Å². The van der Waals surface area contributed by atoms with Crippen LogP contribution in [0.2, 0.25) is 0 Å². The molecule has 196 valence electrons. The average Bonchev–Trinajstić information content (AvgIpc) is 3.72. The van der Waals surface area contributed by atoms with E-state index in [1.54, 1.807) is 6.07 Å². The van der Waals surface area contributed by atoms with Crippen LogP contribution < -0.4 is 4.74 Å². The predicted octanol–water partition coefficient (Wildman–Crippen LogP) is 7.53. The highest BCUT2D eigenvalue weighted by molar-refractivity contribution is 5.66. The quantitative estimate of drug-likeness (QED) is 0.260. The highest BCUT2D eigenvalue weighted by Crippen LogP contribution is 2.39. The zero-order chi connectivity index (χ0) is 26.3. The highest BCUT2D eigenvalue weighted by atomic mass is 19.2. The van der Waals surface area contributed by atoms with Gasteiger partial charge in [-0.2, -0.15) is 4.39 Å². The second kappa shape index (κ2) is 10.4. The number of aliphatic hydroxyl groups excluding tert-OH is 1. The van der Waals surface area contributed by atoms with E-state index in [4.69, 9.17) is 9.47 Å². The van der Waals surface area contributed by atoms with E-state index in [9.17, 15) is 27.1 Å². The van der Waals surface area contributed by atoms with Crippen LogP contribution in [0.1, 0.15) is 67.4 Å². The number of halogens is 5. The van der Waals surface area contributed by atoms with E-state index in [2.05, 4.69) is 0 Å². The van der Waals surface area contributed by atoms with Gasteiger partial charge >= 0.3 is 0 Å². The largest absolute Gasteiger partial charge is 0.490 e. The molecule has 3 aromatic rings. The van der Waals surface area contributed by atoms with E-state index in [0.717, 1.165) is 31.2 Å². The zero-order valence-corrected chi connectivity index (χ0v) is 20.2. The molecular formula is C29H27F5O3. The normalized spacial score (nSPS) is 22.1. The Morgan fingerprint density at radius 1 is 0.865 bits per heavy atom. The molecule has 8 heteroatoms. The summed E-state index contributed by atoms with van der Waals surface area (Å²) >= 11 is 0. The molecule has 0 spiro atoms. The summed E-state index contributed by atoms with van der Waals surface area (Å²) in [6.07, 6.45) is 1.46. The molecule has 1 aliphatic heterocycles. The summed E-state index contributed by atoms with van der Waals surface area (Å²) in [5.74, 6) is -4.91. The second-order valence-electron chi connectivity index (χ2n) is 9.88. The van der Waals surface area contributed by atoms with Gasteiger partial charge in [0.05, 0.1) is 19.3 Å². The van der Waals surface area contributed by atoms with Gasteiger partial charge in [-0.25, -0.2) is 17.6 Å². The van der Waals surface area contributed by atoms with Crippen molar-refractivity contribution in [2.24, 2.45) is 5.92 Å². The molecule has 1 saturated heterocycles. The Labute approximate surface area is 211 Å². The summed E-state index contributed by atoms with van der Waals surface area (Å²) in [5.41, 5.74) is 0.676. The van der Waals surface area contributed by atoms with Crippen molar-refractivity contribution in [1.29, 1.82) is 0 Å². The third-order valence-electron chi connectivity index (χ3n) is 7.40. The summed E-state index contributed by atoms with van der Waals surface area (Å²) in [7, 11) is 0. The standard InChI is InChI=1S/C29H27F5O3/c1-15(35)19-10-11-24(29(34)26(19)31)36-13-16-2-4-17(5-3-16)18-6-7-20(23(30)12-18)21-8-9-22(25-14-37-25)28(33)27(21)32/h6-12,15-17,25,35H,2-5,13-14H2,1H3. The van der Waals surface area contributed by atoms with Crippen LogP contribution in [0.5, 0.6) is 5.75 Å². The molecule has 0 radical (unpaired) electrons. The van der Waals surface area contributed by atoms with E-state index in [1.807, 2.05) is 0 Å². The fourth-order valence-corrected chi connectivity index (χ4v) is 5.10. The smallest absolute Gasteiger partial charge is 0.200 e. The molecular weight excluding hydrogens is 491 g/mol. The lowest BCUT2D eigenvalue weighted by Gasteiger charge is -2.29. The van der Waals surface area contributed by atoms with Gasteiger partial charge in [0.15, 0.2) is 23.2 Å². The maximum absolute atomic E-state index is 15.0. The van der Waals surface area contributed by atoms with Crippen LogP contribution in [0.25, 0.3) is 11.1 Å². The van der Waals surface area contributed by atoms with Crippen LogP contribution in [-0.2, 0) is 4.74 Å². The fourth-order valence-electron chi connectivity index (χ4n) is 5.10. The monoisotopic (exact) mass is 518 g/mol. The fraction of sp³-hybridized carbons (Fsp3) is 0.379. The molecule has 5 rings (SSSR count). The van der Waals surface area contributed by atoms with Crippen LogP contribution in [0, 0.1) is 35.0 Å². The molecule has 2 unspecified atom stereocenters. The van der Waals surface area contributed by atoms with Gasteiger partial charge < -0.3 is 14.6 Å². The number of ether oxygens (including phenoxy) is 2. The molecule has 3 nitrogen and oxygen atoms in total. The molecule has 37 heavy (non-hydrogen) atoms. The summed E-state index contributed by atoms with van der Waals surface area (Å²) in [6.45, 7) is 1.92. The molecule has 0 amide bonds. The van der Waals surface area contributed by atoms with E-state index in [0.29, 0.717) is 6.61 Å². The van der Waals surface area contributed by atoms with Gasteiger partial charge in [-0.05, 0) is 68.2 Å². The molecule has 1 saturated carbocycles. The molecule has 2 aliphatic rings. The second-order valence-corrected chi connectivity index (χ2v) is 9.88. The summed E-state index contributed by atoms with van der Waals surface area (Å²) in [6, 6.07) is 10.1. The molecule has 0 bridgehead atoms. The van der Waals surface area contributed by atoms with E-state index in [1.165, 1.54) is 43.3 Å². The van der Waals surface area contributed by atoms with Gasteiger partial charge in [-0.3, -0.25) is 0 Å². The summed E-state index contributed by atoms with van der Waals surface area (Å²) in [5, 5.41) is 9.51. The van der Waals surface area contributed by atoms with Crippen LogP contribution in [0.3, 0.4) is 0 Å². The van der Waals surface area contributed by atoms with Gasteiger partial charge in [0.1, 0.15) is 11.9 Å². The minimum absolute atomic E-state index is 0.00127. The highest BCUT2D eigenvalue weighted by Gasteiger charge is 2.31. The topological polar surface area (TPSA) is 42.0 Å². The number of hydrogen-bond donors (Lipinski definition) is 1. The van der Waals surface area contributed by atoms with Crippen LogP contribution in [0.15, 0.2) is 42.5 Å². The molecule has 2 atom stereocenters. The lowest BCUT2D eigenvalue weighted by atomic mass is 9.78. The van der Waals surface area contributed by atoms with E-state index in [-0.39, 0.29) is 46.4 Å². The lowest BCUT2D eigenvalue weighted by Crippen LogP contribution is -2.20. The number of epoxide rings is 1. The Bertz CT molecular complexity index is 1300. The Hall–Kier alpha value is -2.97. The Kier molecular flexibility index (Phi) is 7.23. The van der Waals surface area contributed by atoms with Crippen molar-refractivity contribution < 1.29 is 36.5 Å². The predicted molar refractivity (Wildman–Crippen MR) is 128 cm³/mol. The van der Waals surface area contributed by atoms with Crippen molar-refractivity contribution in [1.82, 2.24) is 0 Å². The minimum Gasteiger partial charge on any atom is -0.490 e. The van der Waals surface area contributed by atoms with Crippen LogP contribution in [-0.4, -0.2) is 18.3 Å². The van der Waals surface area contributed by atoms with Crippen molar-refractivity contribution in [3.63, 3.8) is 0 Å². The third-order valence-corrected chi connectivity index (χ3v) is 7.40. The van der Waals surface area contributed by atoms with Crippen molar-refractivity contribution in [3.05, 3.63) is 88.2 Å². The van der Waals surface area contributed by atoms with Crippen LogP contribution >= 0.6 is 0 Å². The number of rotatable bonds is 7. The average molecular weight is 519 g/mol. The first kappa shape index (κ1) is 25.7. The zero-order valence-electron chi connectivity index (χ0n) is 20.2. The lowest BCUT2D eigenvalue weighted by molar-refractivity contribution is 0.184. The van der Waals surface area contributed by atoms with Crippen molar-refractivity contribution >= 4 is 0 Å². The van der Waals surface area contributed by atoms with E-state index >= 15 is 0 Å². The molecule has 1 aliphatic carbocycles. The van der Waals surface area contributed by atoms with Crippen molar-refractivity contribution in [2.45, 2.75) is 50.7 Å². The molecule has 2 fully saturated rings. The van der Waals surface area contributed by atoms with Crippen LogP contribution in [0.4, 0.5) is 22.0 Å². The number of aliphatic hydroxyl groups is 1. The van der Waals surface area contributed by atoms with Crippen molar-refractivity contribution in [3.8, 4) is 16.9 Å². The van der Waals surface area contributed by atoms with Gasteiger partial charge in [0.25, 0.3) is 0 Å². The van der Waals surface area contributed by atoms with Gasteiger partial charge in [0.2, 0.25) is 5.82 Å². The van der Waals surface area contributed by atoms with E-state index < -0.39 is 41.3 Å². The Balaban J connectivity index is 1.20. The SMILES string of the molecule is CC(O)c1ccc(OCC2CCC(c3ccc(-c4ccc(C5CO5)c(F)c4F)c(F)c3)CC2)c(F)c1F. The number of hydrogen-bond acceptors (Lipinski definition) is 3. The first-order chi connectivity index (χ1) is 17.7. The molecule has 3 aromatic carbocycles. The summed E-state index contributed by atoms with van der Waals surface area (Å²) < 4.78 is 82.9. The number of benzene rings is 3. The Morgan fingerprint density at radius 2 is 1.57 bits per heavy atom. The minimum atomic E-state index is -1.12. The first-order valence-corrected chi connectivity index (χ1v) is 12.4.